The monoisotopic (exact) mass is 336 g/mol. The minimum absolute atomic E-state index is 0.0932. The number of carbonyl (C=O) groups is 1. The second kappa shape index (κ2) is 5.68. The molecule has 1 amide bonds. The van der Waals surface area contributed by atoms with Crippen LogP contribution < -0.4 is 0 Å². The van der Waals surface area contributed by atoms with Crippen molar-refractivity contribution in [2.45, 2.75) is 75.7 Å². The number of carbonyl (C=O) groups excluding carboxylic acids is 1. The minimum Gasteiger partial charge on any atom is -0.336 e. The van der Waals surface area contributed by atoms with Crippen LogP contribution in [0.25, 0.3) is 0 Å². The third kappa shape index (κ3) is 2.72. The zero-order valence-electron chi connectivity index (χ0n) is 14.1. The van der Waals surface area contributed by atoms with E-state index in [0.717, 1.165) is 19.3 Å². The van der Waals surface area contributed by atoms with E-state index in [-0.39, 0.29) is 24.3 Å². The molecule has 0 unspecified atom stereocenters. The Morgan fingerprint density at radius 3 is 2.12 bits per heavy atom. The van der Waals surface area contributed by atoms with Crippen LogP contribution in [0.2, 0.25) is 0 Å². The molecule has 3 nitrogen and oxygen atoms in total. The van der Waals surface area contributed by atoms with Crippen LogP contribution in [-0.2, 0) is 4.79 Å². The summed E-state index contributed by atoms with van der Waals surface area (Å²) in [6, 6.07) is 2.15. The van der Waals surface area contributed by atoms with Crippen molar-refractivity contribution in [1.82, 2.24) is 4.90 Å². The topological polar surface area (TPSA) is 44.1 Å². The Labute approximate surface area is 142 Å². The smallest absolute Gasteiger partial charge is 0.248 e. The van der Waals surface area contributed by atoms with Crippen LogP contribution in [0.15, 0.2) is 0 Å². The number of halogens is 2. The predicted molar refractivity (Wildman–Crippen MR) is 85.1 cm³/mol. The van der Waals surface area contributed by atoms with E-state index >= 15 is 0 Å². The zero-order valence-corrected chi connectivity index (χ0v) is 14.1. The molecule has 5 aliphatic carbocycles. The summed E-state index contributed by atoms with van der Waals surface area (Å²) in [7, 11) is 0. The van der Waals surface area contributed by atoms with Crippen molar-refractivity contribution in [1.29, 1.82) is 5.26 Å². The quantitative estimate of drug-likeness (QED) is 0.775. The Balaban J connectivity index is 1.58. The Kier molecular flexibility index (Phi) is 3.85. The van der Waals surface area contributed by atoms with Crippen molar-refractivity contribution in [3.05, 3.63) is 0 Å². The summed E-state index contributed by atoms with van der Waals surface area (Å²) in [5.74, 6) is -1.25. The predicted octanol–water partition coefficient (Wildman–Crippen LogP) is 4.13. The maximum atomic E-state index is 13.6. The molecule has 0 aromatic rings. The molecule has 5 fully saturated rings. The molecule has 5 saturated carbocycles. The van der Waals surface area contributed by atoms with Gasteiger partial charge in [-0.15, -0.1) is 0 Å². The van der Waals surface area contributed by atoms with Crippen LogP contribution in [-0.4, -0.2) is 28.8 Å². The van der Waals surface area contributed by atoms with Gasteiger partial charge in [-0.2, -0.15) is 5.26 Å². The van der Waals surface area contributed by atoms with Crippen molar-refractivity contribution in [3.63, 3.8) is 0 Å². The highest BCUT2D eigenvalue weighted by Crippen LogP contribution is 2.58. The van der Waals surface area contributed by atoms with E-state index in [2.05, 4.69) is 6.07 Å². The molecule has 5 rings (SSSR count). The van der Waals surface area contributed by atoms with Gasteiger partial charge < -0.3 is 4.90 Å². The first-order chi connectivity index (χ1) is 11.4. The van der Waals surface area contributed by atoms with Crippen LogP contribution in [0.5, 0.6) is 0 Å². The molecule has 5 heteroatoms. The molecule has 0 radical (unpaired) electrons. The van der Waals surface area contributed by atoms with Crippen LogP contribution in [0, 0.1) is 35.0 Å². The molecule has 4 bridgehead atoms. The molecule has 24 heavy (non-hydrogen) atoms. The summed E-state index contributed by atoms with van der Waals surface area (Å²) >= 11 is 0. The van der Waals surface area contributed by atoms with Gasteiger partial charge >= 0.3 is 0 Å². The first-order valence-corrected chi connectivity index (χ1v) is 9.47. The fourth-order valence-electron chi connectivity index (χ4n) is 6.52. The third-order valence-corrected chi connectivity index (χ3v) is 7.04. The number of nitrogens with zero attached hydrogens (tertiary/aromatic N) is 2. The SMILES string of the molecule is N#CCCN(C(=O)[C@@H]1CCC(F)(F)C1)C12CC3CC(CC(C3)C1)C2. The molecule has 132 valence electrons. The second-order valence-corrected chi connectivity index (χ2v) is 8.84. The lowest BCUT2D eigenvalue weighted by Crippen LogP contribution is -2.62. The Morgan fingerprint density at radius 2 is 1.67 bits per heavy atom. The van der Waals surface area contributed by atoms with Crippen molar-refractivity contribution in [2.75, 3.05) is 6.54 Å². The lowest BCUT2D eigenvalue weighted by Gasteiger charge is -2.60. The van der Waals surface area contributed by atoms with Crippen molar-refractivity contribution >= 4 is 5.91 Å². The molecule has 1 atom stereocenters. The van der Waals surface area contributed by atoms with Crippen molar-refractivity contribution < 1.29 is 13.6 Å². The molecule has 0 aromatic heterocycles. The summed E-state index contributed by atoms with van der Waals surface area (Å²) in [4.78, 5) is 15.0. The molecule has 0 spiro atoms. The largest absolute Gasteiger partial charge is 0.336 e. The average molecular weight is 336 g/mol. The maximum absolute atomic E-state index is 13.6. The molecule has 0 N–H and O–H groups in total. The number of hydrogen-bond acceptors (Lipinski definition) is 2. The summed E-state index contributed by atoms with van der Waals surface area (Å²) in [6.07, 6.45) is 7.04. The summed E-state index contributed by atoms with van der Waals surface area (Å²) < 4.78 is 27.2. The summed E-state index contributed by atoms with van der Waals surface area (Å²) in [6.45, 7) is 0.420. The highest BCUT2D eigenvalue weighted by Gasteiger charge is 2.56. The number of rotatable bonds is 4. The first-order valence-electron chi connectivity index (χ1n) is 9.47. The first kappa shape index (κ1) is 16.3. The highest BCUT2D eigenvalue weighted by atomic mass is 19.3. The molecule has 0 heterocycles. The minimum atomic E-state index is -2.69. The van der Waals surface area contributed by atoms with Crippen LogP contribution >= 0.6 is 0 Å². The fraction of sp³-hybridized carbons (Fsp3) is 0.895. The fourth-order valence-corrected chi connectivity index (χ4v) is 6.52. The van der Waals surface area contributed by atoms with E-state index in [1.165, 1.54) is 19.3 Å². The summed E-state index contributed by atoms with van der Waals surface area (Å²) in [5.41, 5.74) is -0.138. The summed E-state index contributed by atoms with van der Waals surface area (Å²) in [5, 5.41) is 9.02. The van der Waals surface area contributed by atoms with E-state index in [4.69, 9.17) is 5.26 Å². The molecule has 5 aliphatic rings. The van der Waals surface area contributed by atoms with E-state index in [1.54, 1.807) is 0 Å². The van der Waals surface area contributed by atoms with E-state index in [0.29, 0.717) is 37.1 Å². The average Bonchev–Trinajstić information content (AvgIpc) is 2.86. The third-order valence-electron chi connectivity index (χ3n) is 7.04. The molecular weight excluding hydrogens is 310 g/mol. The van der Waals surface area contributed by atoms with Crippen molar-refractivity contribution in [2.24, 2.45) is 23.7 Å². The van der Waals surface area contributed by atoms with Crippen LogP contribution in [0.4, 0.5) is 8.78 Å². The second-order valence-electron chi connectivity index (χ2n) is 8.84. The van der Waals surface area contributed by atoms with Crippen LogP contribution in [0.1, 0.15) is 64.2 Å². The van der Waals surface area contributed by atoms with Gasteiger partial charge in [-0.05, 0) is 62.7 Å². The van der Waals surface area contributed by atoms with Gasteiger partial charge in [-0.1, -0.05) is 0 Å². The maximum Gasteiger partial charge on any atom is 0.248 e. The van der Waals surface area contributed by atoms with E-state index < -0.39 is 11.8 Å². The van der Waals surface area contributed by atoms with Gasteiger partial charge in [0.2, 0.25) is 11.8 Å². The van der Waals surface area contributed by atoms with Gasteiger partial charge in [0, 0.05) is 30.8 Å². The van der Waals surface area contributed by atoms with Gasteiger partial charge in [-0.25, -0.2) is 8.78 Å². The van der Waals surface area contributed by atoms with Gasteiger partial charge in [0.1, 0.15) is 0 Å². The molecule has 0 saturated heterocycles. The number of amides is 1. The molecular formula is C19H26F2N2O. The van der Waals surface area contributed by atoms with Gasteiger partial charge in [0.05, 0.1) is 12.5 Å². The lowest BCUT2D eigenvalue weighted by molar-refractivity contribution is -0.155. The highest BCUT2D eigenvalue weighted by molar-refractivity contribution is 5.80. The molecule has 0 aromatic carbocycles. The van der Waals surface area contributed by atoms with Crippen LogP contribution in [0.3, 0.4) is 0 Å². The normalized spacial score (nSPS) is 42.0. The Bertz CT molecular complexity index is 533. The van der Waals surface area contributed by atoms with Gasteiger partial charge in [0.25, 0.3) is 0 Å². The Hall–Kier alpha value is -1.18. The van der Waals surface area contributed by atoms with Gasteiger partial charge in [0.15, 0.2) is 0 Å². The molecule has 0 aliphatic heterocycles. The lowest BCUT2D eigenvalue weighted by atomic mass is 9.52. The van der Waals surface area contributed by atoms with Crippen molar-refractivity contribution in [3.8, 4) is 6.07 Å². The number of nitriles is 1. The Morgan fingerprint density at radius 1 is 1.08 bits per heavy atom. The standard InChI is InChI=1S/C19H26F2N2O/c20-19(21)3-2-16(12-19)17(24)23(5-1-4-22)18-9-13-6-14(10-18)8-15(7-13)11-18/h13-16H,1-3,5-12H2/t13?,14?,15?,16-,18?/m1/s1. The van der Waals surface area contributed by atoms with E-state index in [9.17, 15) is 13.6 Å². The van der Waals surface area contributed by atoms with Gasteiger partial charge in [-0.3, -0.25) is 4.79 Å². The zero-order chi connectivity index (χ0) is 16.9. The van der Waals surface area contributed by atoms with E-state index in [1.807, 2.05) is 4.90 Å². The number of hydrogen-bond donors (Lipinski definition) is 0. The number of alkyl halides is 2.